The number of rotatable bonds is 7. The lowest BCUT2D eigenvalue weighted by molar-refractivity contribution is -0.116. The van der Waals surface area contributed by atoms with E-state index in [0.29, 0.717) is 25.2 Å². The molecule has 0 aliphatic heterocycles. The van der Waals surface area contributed by atoms with Crippen molar-refractivity contribution in [2.75, 3.05) is 18.4 Å². The van der Waals surface area contributed by atoms with Crippen molar-refractivity contribution in [3.8, 4) is 0 Å². The molecule has 0 heterocycles. The van der Waals surface area contributed by atoms with E-state index in [2.05, 4.69) is 17.5 Å². The van der Waals surface area contributed by atoms with Crippen LogP contribution in [0.4, 0.5) is 5.69 Å². The minimum atomic E-state index is -3.55. The zero-order valence-electron chi connectivity index (χ0n) is 15.5. The summed E-state index contributed by atoms with van der Waals surface area (Å²) in [5.41, 5.74) is 2.33. The molecule has 0 bridgehead atoms. The molecule has 1 aromatic carbocycles. The molecule has 1 N–H and O–H groups in total. The fourth-order valence-corrected chi connectivity index (χ4v) is 4.69. The maximum atomic E-state index is 12.8. The molecule has 1 aliphatic carbocycles. The molecule has 2 rings (SSSR count). The van der Waals surface area contributed by atoms with Gasteiger partial charge in [0.05, 0.1) is 4.90 Å². The van der Waals surface area contributed by atoms with Gasteiger partial charge < -0.3 is 5.32 Å². The van der Waals surface area contributed by atoms with E-state index < -0.39 is 10.0 Å². The lowest BCUT2D eigenvalue weighted by Crippen LogP contribution is -2.30. The van der Waals surface area contributed by atoms with Crippen molar-refractivity contribution in [2.24, 2.45) is 5.92 Å². The Morgan fingerprint density at radius 2 is 1.92 bits per heavy atom. The summed E-state index contributed by atoms with van der Waals surface area (Å²) in [6, 6.07) is 3.26. The highest BCUT2D eigenvalue weighted by molar-refractivity contribution is 7.89. The third-order valence-corrected chi connectivity index (χ3v) is 6.85. The van der Waals surface area contributed by atoms with E-state index in [9.17, 15) is 13.2 Å². The zero-order valence-corrected chi connectivity index (χ0v) is 16.3. The summed E-state index contributed by atoms with van der Waals surface area (Å²) >= 11 is 0. The number of anilines is 1. The van der Waals surface area contributed by atoms with Crippen LogP contribution in [0, 0.1) is 19.8 Å². The third-order valence-electron chi connectivity index (χ3n) is 4.82. The fraction of sp³-hybridized carbons (Fsp3) is 0.526. The number of benzene rings is 1. The molecular formula is C19H28N2O3S. The van der Waals surface area contributed by atoms with Crippen LogP contribution in [0.2, 0.25) is 0 Å². The molecule has 0 unspecified atom stereocenters. The number of hydrogen-bond acceptors (Lipinski definition) is 3. The van der Waals surface area contributed by atoms with Gasteiger partial charge in [-0.3, -0.25) is 4.79 Å². The van der Waals surface area contributed by atoms with Crippen LogP contribution in [0.25, 0.3) is 0 Å². The van der Waals surface area contributed by atoms with Crippen LogP contribution in [-0.4, -0.2) is 31.7 Å². The normalized spacial score (nSPS) is 17.2. The Morgan fingerprint density at radius 3 is 2.48 bits per heavy atom. The lowest BCUT2D eigenvalue weighted by Gasteiger charge is -2.20. The van der Waals surface area contributed by atoms with Crippen molar-refractivity contribution in [3.63, 3.8) is 0 Å². The monoisotopic (exact) mass is 364 g/mol. The van der Waals surface area contributed by atoms with Crippen molar-refractivity contribution >= 4 is 21.6 Å². The van der Waals surface area contributed by atoms with Gasteiger partial charge in [0, 0.05) is 25.2 Å². The lowest BCUT2D eigenvalue weighted by atomic mass is 10.0. The first-order valence-corrected chi connectivity index (χ1v) is 10.3. The maximum Gasteiger partial charge on any atom is 0.243 e. The van der Waals surface area contributed by atoms with Crippen LogP contribution in [-0.2, 0) is 14.8 Å². The Bertz CT molecular complexity index is 765. The summed E-state index contributed by atoms with van der Waals surface area (Å²) in [6.07, 6.45) is 6.64. The minimum Gasteiger partial charge on any atom is -0.326 e. The van der Waals surface area contributed by atoms with Crippen molar-refractivity contribution in [1.29, 1.82) is 0 Å². The van der Waals surface area contributed by atoms with E-state index in [0.717, 1.165) is 24.0 Å². The topological polar surface area (TPSA) is 66.5 Å². The molecule has 1 aromatic rings. The number of nitrogens with one attached hydrogen (secondary N) is 1. The minimum absolute atomic E-state index is 0.0727. The fourth-order valence-electron chi connectivity index (χ4n) is 3.12. The summed E-state index contributed by atoms with van der Waals surface area (Å²) in [7, 11) is -3.55. The van der Waals surface area contributed by atoms with E-state index in [4.69, 9.17) is 0 Å². The summed E-state index contributed by atoms with van der Waals surface area (Å²) < 4.78 is 27.0. The van der Waals surface area contributed by atoms with Crippen LogP contribution >= 0.6 is 0 Å². The van der Waals surface area contributed by atoms with Crippen LogP contribution < -0.4 is 5.32 Å². The highest BCUT2D eigenvalue weighted by atomic mass is 32.2. The molecule has 6 heteroatoms. The Morgan fingerprint density at radius 1 is 1.24 bits per heavy atom. The first kappa shape index (κ1) is 19.7. The number of nitrogens with zero attached hydrogens (tertiary/aromatic N) is 1. The number of carbonyl (C=O) groups is 1. The van der Waals surface area contributed by atoms with E-state index in [-0.39, 0.29) is 16.7 Å². The molecule has 1 amide bonds. The highest BCUT2D eigenvalue weighted by Crippen LogP contribution is 2.27. The Balaban J connectivity index is 2.28. The smallest absolute Gasteiger partial charge is 0.243 e. The Kier molecular flexibility index (Phi) is 6.41. The largest absolute Gasteiger partial charge is 0.326 e. The van der Waals surface area contributed by atoms with Gasteiger partial charge in [-0.05, 0) is 55.9 Å². The molecule has 0 aromatic heterocycles. The predicted molar refractivity (Wildman–Crippen MR) is 101 cm³/mol. The first-order valence-electron chi connectivity index (χ1n) is 8.87. The highest BCUT2D eigenvalue weighted by Gasteiger charge is 2.24. The SMILES string of the molecule is CCN(CC)S(=O)(=O)c1cc(C)c(C)c(NC(=O)C[C@@H]2C=CCC2)c1. The third kappa shape index (κ3) is 4.50. The number of carbonyl (C=O) groups excluding carboxylic acids is 1. The second-order valence-electron chi connectivity index (χ2n) is 6.52. The molecule has 0 radical (unpaired) electrons. The van der Waals surface area contributed by atoms with Crippen LogP contribution in [0.5, 0.6) is 0 Å². The maximum absolute atomic E-state index is 12.8. The number of amides is 1. The van der Waals surface area contributed by atoms with Gasteiger partial charge in [0.25, 0.3) is 0 Å². The Hall–Kier alpha value is -1.66. The second kappa shape index (κ2) is 8.15. The van der Waals surface area contributed by atoms with Crippen molar-refractivity contribution in [2.45, 2.75) is 51.9 Å². The Labute approximate surface area is 151 Å². The number of sulfonamides is 1. The quantitative estimate of drug-likeness (QED) is 0.751. The van der Waals surface area contributed by atoms with E-state index in [1.807, 2.05) is 27.7 Å². The van der Waals surface area contributed by atoms with Gasteiger partial charge in [0.2, 0.25) is 15.9 Å². The van der Waals surface area contributed by atoms with Crippen LogP contribution in [0.1, 0.15) is 44.2 Å². The van der Waals surface area contributed by atoms with Gasteiger partial charge in [-0.15, -0.1) is 0 Å². The van der Waals surface area contributed by atoms with Crippen molar-refractivity contribution < 1.29 is 13.2 Å². The molecule has 25 heavy (non-hydrogen) atoms. The molecule has 138 valence electrons. The number of allylic oxidation sites excluding steroid dienone is 2. The molecule has 0 spiro atoms. The van der Waals surface area contributed by atoms with Crippen LogP contribution in [0.15, 0.2) is 29.2 Å². The molecule has 1 aliphatic rings. The molecule has 0 saturated heterocycles. The number of aryl methyl sites for hydroxylation is 1. The predicted octanol–water partition coefficient (Wildman–Crippen LogP) is 3.63. The number of hydrogen-bond donors (Lipinski definition) is 1. The average molecular weight is 365 g/mol. The second-order valence-corrected chi connectivity index (χ2v) is 8.46. The first-order chi connectivity index (χ1) is 11.8. The van der Waals surface area contributed by atoms with Crippen molar-refractivity contribution in [3.05, 3.63) is 35.4 Å². The van der Waals surface area contributed by atoms with Gasteiger partial charge in [0.1, 0.15) is 0 Å². The molecule has 0 fully saturated rings. The van der Waals surface area contributed by atoms with E-state index in [1.54, 1.807) is 12.1 Å². The van der Waals surface area contributed by atoms with Crippen LogP contribution in [0.3, 0.4) is 0 Å². The zero-order chi connectivity index (χ0) is 18.6. The molecular weight excluding hydrogens is 336 g/mol. The van der Waals surface area contributed by atoms with Gasteiger partial charge in [-0.25, -0.2) is 8.42 Å². The summed E-state index contributed by atoms with van der Waals surface area (Å²) in [5, 5.41) is 2.91. The van der Waals surface area contributed by atoms with Crippen molar-refractivity contribution in [1.82, 2.24) is 4.31 Å². The van der Waals surface area contributed by atoms with Gasteiger partial charge >= 0.3 is 0 Å². The molecule has 5 nitrogen and oxygen atoms in total. The van der Waals surface area contributed by atoms with E-state index >= 15 is 0 Å². The van der Waals surface area contributed by atoms with E-state index in [1.165, 1.54) is 4.31 Å². The van der Waals surface area contributed by atoms with Gasteiger partial charge in [-0.2, -0.15) is 4.31 Å². The standard InChI is InChI=1S/C19H28N2O3S/c1-5-21(6-2)25(23,24)17-11-14(3)15(4)18(13-17)20-19(22)12-16-9-7-8-10-16/h7,9,11,13,16H,5-6,8,10,12H2,1-4H3,(H,20,22)/t16-/m1/s1. The average Bonchev–Trinajstić information content (AvgIpc) is 3.05. The summed E-state index contributed by atoms with van der Waals surface area (Å²) in [6.45, 7) is 8.24. The summed E-state index contributed by atoms with van der Waals surface area (Å²) in [5.74, 6) is 0.209. The van der Waals surface area contributed by atoms with Gasteiger partial charge in [-0.1, -0.05) is 26.0 Å². The summed E-state index contributed by atoms with van der Waals surface area (Å²) in [4.78, 5) is 12.6. The molecule has 1 atom stereocenters. The molecule has 0 saturated carbocycles. The van der Waals surface area contributed by atoms with Gasteiger partial charge in [0.15, 0.2) is 0 Å².